The van der Waals surface area contributed by atoms with Gasteiger partial charge in [-0.15, -0.1) is 0 Å². The molecule has 0 spiro atoms. The van der Waals surface area contributed by atoms with Crippen molar-refractivity contribution in [3.63, 3.8) is 0 Å². The van der Waals surface area contributed by atoms with E-state index >= 15 is 0 Å². The van der Waals surface area contributed by atoms with Crippen LogP contribution >= 0.6 is 0 Å². The molecule has 2 nitrogen and oxygen atoms in total. The Labute approximate surface area is 93.8 Å². The largest absolute Gasteiger partial charge is 0.370 e. The third kappa shape index (κ3) is 2.94. The third-order valence-corrected chi connectivity index (χ3v) is 3.98. The van der Waals surface area contributed by atoms with Gasteiger partial charge in [-0.25, -0.2) is 0 Å². The van der Waals surface area contributed by atoms with Gasteiger partial charge in [-0.2, -0.15) is 0 Å². The lowest BCUT2D eigenvalue weighted by molar-refractivity contribution is -0.108. The summed E-state index contributed by atoms with van der Waals surface area (Å²) in [6.07, 6.45) is 12.6. The molecule has 15 heavy (non-hydrogen) atoms. The van der Waals surface area contributed by atoms with Gasteiger partial charge in [0.1, 0.15) is 0 Å². The van der Waals surface area contributed by atoms with Crippen molar-refractivity contribution in [3.8, 4) is 0 Å². The predicted octanol–water partition coefficient (Wildman–Crippen LogP) is 2.87. The number of ether oxygens (including phenoxy) is 1. The highest BCUT2D eigenvalue weighted by Gasteiger charge is 2.35. The van der Waals surface area contributed by atoms with Crippen molar-refractivity contribution in [2.45, 2.75) is 69.5 Å². The molecule has 0 bridgehead atoms. The predicted molar refractivity (Wildman–Crippen MR) is 63.1 cm³/mol. The molecule has 0 saturated heterocycles. The second-order valence-corrected chi connectivity index (χ2v) is 5.30. The van der Waals surface area contributed by atoms with Gasteiger partial charge in [-0.05, 0) is 32.7 Å². The Morgan fingerprint density at radius 1 is 1.07 bits per heavy atom. The molecule has 0 unspecified atom stereocenters. The van der Waals surface area contributed by atoms with Crippen molar-refractivity contribution in [2.24, 2.45) is 0 Å². The molecule has 0 aliphatic heterocycles. The Morgan fingerprint density at radius 3 is 2.33 bits per heavy atom. The number of hydrogen-bond acceptors (Lipinski definition) is 2. The van der Waals surface area contributed by atoms with Crippen LogP contribution in [-0.4, -0.2) is 25.3 Å². The molecule has 0 aromatic rings. The third-order valence-electron chi connectivity index (χ3n) is 3.98. The molecule has 88 valence electrons. The highest BCUT2D eigenvalue weighted by molar-refractivity contribution is 4.88. The van der Waals surface area contributed by atoms with Crippen LogP contribution in [0.1, 0.15) is 57.8 Å². The van der Waals surface area contributed by atoms with E-state index < -0.39 is 0 Å². The maximum absolute atomic E-state index is 6.42. The van der Waals surface area contributed by atoms with Gasteiger partial charge in [-0.1, -0.05) is 32.1 Å². The minimum absolute atomic E-state index is 0.183. The maximum atomic E-state index is 6.42. The van der Waals surface area contributed by atoms with E-state index in [1.54, 1.807) is 0 Å². The molecule has 0 radical (unpaired) electrons. The van der Waals surface area contributed by atoms with E-state index in [-0.39, 0.29) is 5.60 Å². The summed E-state index contributed by atoms with van der Waals surface area (Å²) in [5, 5.41) is 3.33. The molecule has 0 aromatic carbocycles. The van der Waals surface area contributed by atoms with Crippen LogP contribution in [0, 0.1) is 0 Å². The lowest BCUT2D eigenvalue weighted by Crippen LogP contribution is -2.45. The van der Waals surface area contributed by atoms with E-state index in [0.717, 1.165) is 6.54 Å². The summed E-state index contributed by atoms with van der Waals surface area (Å²) in [6.45, 7) is 1.05. The minimum Gasteiger partial charge on any atom is -0.370 e. The molecule has 0 heterocycles. The Balaban J connectivity index is 1.90. The first-order valence-corrected chi connectivity index (χ1v) is 6.67. The van der Waals surface area contributed by atoms with Gasteiger partial charge >= 0.3 is 0 Å². The Kier molecular flexibility index (Phi) is 4.04. The van der Waals surface area contributed by atoms with Crippen molar-refractivity contribution >= 4 is 0 Å². The molecule has 2 heteroatoms. The summed E-state index contributed by atoms with van der Waals surface area (Å²) in [6, 6.07) is 0. The highest BCUT2D eigenvalue weighted by atomic mass is 16.5. The van der Waals surface area contributed by atoms with Crippen LogP contribution in [0.2, 0.25) is 0 Å². The molecule has 0 aromatic heterocycles. The lowest BCUT2D eigenvalue weighted by atomic mass is 9.84. The first kappa shape index (κ1) is 11.4. The number of rotatable bonds is 4. The first-order chi connectivity index (χ1) is 7.35. The van der Waals surface area contributed by atoms with Crippen LogP contribution in [0.15, 0.2) is 0 Å². The quantitative estimate of drug-likeness (QED) is 0.772. The van der Waals surface area contributed by atoms with Crippen molar-refractivity contribution in [3.05, 3.63) is 0 Å². The fourth-order valence-electron chi connectivity index (χ4n) is 3.21. The monoisotopic (exact) mass is 211 g/mol. The van der Waals surface area contributed by atoms with Crippen molar-refractivity contribution in [1.29, 1.82) is 0 Å². The number of likely N-dealkylation sites (N-methyl/N-ethyl adjacent to an activating group) is 1. The van der Waals surface area contributed by atoms with Crippen LogP contribution in [-0.2, 0) is 4.74 Å². The van der Waals surface area contributed by atoms with Gasteiger partial charge < -0.3 is 10.1 Å². The van der Waals surface area contributed by atoms with Crippen LogP contribution in [0.3, 0.4) is 0 Å². The average Bonchev–Trinajstić information content (AvgIpc) is 2.72. The average molecular weight is 211 g/mol. The van der Waals surface area contributed by atoms with Gasteiger partial charge in [0.15, 0.2) is 0 Å². The molecule has 0 amide bonds. The zero-order valence-electron chi connectivity index (χ0n) is 10.1. The second-order valence-electron chi connectivity index (χ2n) is 5.30. The maximum Gasteiger partial charge on any atom is 0.0809 e. The molecule has 2 fully saturated rings. The summed E-state index contributed by atoms with van der Waals surface area (Å²) in [5.41, 5.74) is 0.183. The summed E-state index contributed by atoms with van der Waals surface area (Å²) in [4.78, 5) is 0. The van der Waals surface area contributed by atoms with Crippen LogP contribution in [0.5, 0.6) is 0 Å². The van der Waals surface area contributed by atoms with Crippen molar-refractivity contribution in [2.75, 3.05) is 13.6 Å². The smallest absolute Gasteiger partial charge is 0.0809 e. The first-order valence-electron chi connectivity index (χ1n) is 6.67. The topological polar surface area (TPSA) is 21.3 Å². The Morgan fingerprint density at radius 2 is 1.73 bits per heavy atom. The summed E-state index contributed by atoms with van der Waals surface area (Å²) < 4.78 is 6.42. The van der Waals surface area contributed by atoms with Crippen molar-refractivity contribution in [1.82, 2.24) is 5.32 Å². The van der Waals surface area contributed by atoms with Gasteiger partial charge in [-0.3, -0.25) is 0 Å². The zero-order valence-corrected chi connectivity index (χ0v) is 10.1. The summed E-state index contributed by atoms with van der Waals surface area (Å²) in [5.74, 6) is 0. The Hall–Kier alpha value is -0.0800. The fourth-order valence-corrected chi connectivity index (χ4v) is 3.21. The zero-order chi connectivity index (χ0) is 10.6. The lowest BCUT2D eigenvalue weighted by Gasteiger charge is -2.39. The second kappa shape index (κ2) is 5.31. The summed E-state index contributed by atoms with van der Waals surface area (Å²) in [7, 11) is 2.05. The van der Waals surface area contributed by atoms with Crippen LogP contribution < -0.4 is 5.32 Å². The SMILES string of the molecule is CNCC1(OC2CCCC2)CCCCC1. The van der Waals surface area contributed by atoms with Crippen LogP contribution in [0.4, 0.5) is 0 Å². The molecule has 0 atom stereocenters. The fraction of sp³-hybridized carbons (Fsp3) is 1.00. The normalized spacial score (nSPS) is 27.0. The van der Waals surface area contributed by atoms with Gasteiger partial charge in [0.05, 0.1) is 11.7 Å². The molecule has 2 aliphatic rings. The van der Waals surface area contributed by atoms with Crippen molar-refractivity contribution < 1.29 is 4.74 Å². The Bertz CT molecular complexity index is 175. The molecule has 1 N–H and O–H groups in total. The number of nitrogens with one attached hydrogen (secondary N) is 1. The van der Waals surface area contributed by atoms with E-state index in [0.29, 0.717) is 6.10 Å². The van der Waals surface area contributed by atoms with Gasteiger partial charge in [0.2, 0.25) is 0 Å². The van der Waals surface area contributed by atoms with E-state index in [1.807, 2.05) is 7.05 Å². The van der Waals surface area contributed by atoms with E-state index in [1.165, 1.54) is 57.8 Å². The number of hydrogen-bond donors (Lipinski definition) is 1. The van der Waals surface area contributed by atoms with E-state index in [9.17, 15) is 0 Å². The van der Waals surface area contributed by atoms with Gasteiger partial charge in [0, 0.05) is 6.54 Å². The molecule has 2 rings (SSSR count). The highest BCUT2D eigenvalue weighted by Crippen LogP contribution is 2.35. The van der Waals surface area contributed by atoms with E-state index in [4.69, 9.17) is 4.74 Å². The van der Waals surface area contributed by atoms with Gasteiger partial charge in [0.25, 0.3) is 0 Å². The minimum atomic E-state index is 0.183. The molecule has 2 saturated carbocycles. The standard InChI is InChI=1S/C13H25NO/c1-14-11-13(9-5-2-6-10-13)15-12-7-3-4-8-12/h12,14H,2-11H2,1H3. The molecular weight excluding hydrogens is 186 g/mol. The van der Waals surface area contributed by atoms with Crippen LogP contribution in [0.25, 0.3) is 0 Å². The van der Waals surface area contributed by atoms with E-state index in [2.05, 4.69) is 5.32 Å². The summed E-state index contributed by atoms with van der Waals surface area (Å²) >= 11 is 0. The molecular formula is C13H25NO. The molecule has 2 aliphatic carbocycles.